The lowest BCUT2D eigenvalue weighted by Gasteiger charge is -2.22. The van der Waals surface area contributed by atoms with Crippen LogP contribution in [0.5, 0.6) is 5.75 Å². The number of amides is 1. The van der Waals surface area contributed by atoms with Crippen LogP contribution >= 0.6 is 22.9 Å². The van der Waals surface area contributed by atoms with Crippen molar-refractivity contribution < 1.29 is 9.53 Å². The summed E-state index contributed by atoms with van der Waals surface area (Å²) in [5, 5.41) is 2.61. The number of hydrogen-bond donors (Lipinski definition) is 1. The van der Waals surface area contributed by atoms with Gasteiger partial charge < -0.3 is 20.3 Å². The molecule has 2 N–H and O–H groups in total. The molecule has 8 heteroatoms. The first-order chi connectivity index (χ1) is 15.1. The van der Waals surface area contributed by atoms with Crippen molar-refractivity contribution in [1.82, 2.24) is 9.88 Å². The number of halogens is 1. The number of pyridine rings is 1. The van der Waals surface area contributed by atoms with E-state index in [4.69, 9.17) is 22.1 Å². The van der Waals surface area contributed by atoms with Crippen molar-refractivity contribution in [2.45, 2.75) is 19.1 Å². The minimum atomic E-state index is -0.0985. The second-order valence-electron chi connectivity index (χ2n) is 7.48. The summed E-state index contributed by atoms with van der Waals surface area (Å²) in [6.45, 7) is 2.26. The predicted octanol–water partition coefficient (Wildman–Crippen LogP) is 4.36. The van der Waals surface area contributed by atoms with E-state index in [0.717, 1.165) is 16.9 Å². The standard InChI is InChI=1S/C23H25ClN4O2S/c1-27-11-12-28(23(29)18-4-2-10-26-22(18)27)15-16-6-7-17(14-19(16)24)30-20(8-9-25)21-5-3-13-31-21/h2-7,10,13-14,20H,8-9,11-12,15,25H2,1H3. The molecule has 162 valence electrons. The third kappa shape index (κ3) is 4.84. The van der Waals surface area contributed by atoms with Crippen LogP contribution < -0.4 is 15.4 Å². The maximum atomic E-state index is 13.1. The second-order valence-corrected chi connectivity index (χ2v) is 8.86. The number of rotatable bonds is 7. The highest BCUT2D eigenvalue weighted by atomic mass is 35.5. The fourth-order valence-corrected chi connectivity index (χ4v) is 4.67. The molecule has 1 amide bonds. The number of hydrogen-bond acceptors (Lipinski definition) is 6. The zero-order valence-electron chi connectivity index (χ0n) is 17.3. The summed E-state index contributed by atoms with van der Waals surface area (Å²) in [7, 11) is 1.95. The van der Waals surface area contributed by atoms with Crippen LogP contribution in [-0.2, 0) is 6.54 Å². The van der Waals surface area contributed by atoms with Crippen LogP contribution in [0, 0.1) is 0 Å². The first kappa shape index (κ1) is 21.6. The van der Waals surface area contributed by atoms with Crippen LogP contribution in [0.4, 0.5) is 5.82 Å². The topological polar surface area (TPSA) is 71.7 Å². The highest BCUT2D eigenvalue weighted by molar-refractivity contribution is 7.10. The Morgan fingerprint density at radius 3 is 2.87 bits per heavy atom. The average molecular weight is 457 g/mol. The van der Waals surface area contributed by atoms with Crippen molar-refractivity contribution in [3.8, 4) is 5.75 Å². The van der Waals surface area contributed by atoms with Gasteiger partial charge in [0, 0.05) is 49.2 Å². The minimum absolute atomic E-state index is 0.0375. The van der Waals surface area contributed by atoms with Gasteiger partial charge in [0.1, 0.15) is 17.7 Å². The fraction of sp³-hybridized carbons (Fsp3) is 0.304. The summed E-state index contributed by atoms with van der Waals surface area (Å²) in [5.74, 6) is 1.37. The number of carbonyl (C=O) groups is 1. The van der Waals surface area contributed by atoms with Gasteiger partial charge in [0.05, 0.1) is 5.56 Å². The number of nitrogens with two attached hydrogens (primary N) is 1. The molecule has 1 unspecified atom stereocenters. The van der Waals surface area contributed by atoms with Crippen LogP contribution in [0.15, 0.2) is 54.0 Å². The number of nitrogens with zero attached hydrogens (tertiary/aromatic N) is 3. The zero-order chi connectivity index (χ0) is 21.8. The zero-order valence-corrected chi connectivity index (χ0v) is 18.9. The van der Waals surface area contributed by atoms with Crippen molar-refractivity contribution in [3.05, 3.63) is 75.1 Å². The van der Waals surface area contributed by atoms with E-state index in [1.54, 1.807) is 23.6 Å². The maximum Gasteiger partial charge on any atom is 0.257 e. The van der Waals surface area contributed by atoms with Gasteiger partial charge in [-0.2, -0.15) is 0 Å². The lowest BCUT2D eigenvalue weighted by molar-refractivity contribution is 0.0755. The van der Waals surface area contributed by atoms with E-state index >= 15 is 0 Å². The van der Waals surface area contributed by atoms with Gasteiger partial charge in [0.25, 0.3) is 5.91 Å². The number of ether oxygens (including phenoxy) is 1. The van der Waals surface area contributed by atoms with Crippen LogP contribution in [0.3, 0.4) is 0 Å². The van der Waals surface area contributed by atoms with E-state index in [1.165, 1.54) is 0 Å². The van der Waals surface area contributed by atoms with Gasteiger partial charge in [-0.05, 0) is 47.8 Å². The Morgan fingerprint density at radius 1 is 1.26 bits per heavy atom. The molecular formula is C23H25ClN4O2S. The fourth-order valence-electron chi connectivity index (χ4n) is 3.65. The molecule has 0 radical (unpaired) electrons. The molecule has 31 heavy (non-hydrogen) atoms. The Bertz CT molecular complexity index is 1040. The summed E-state index contributed by atoms with van der Waals surface area (Å²) in [6, 6.07) is 13.3. The predicted molar refractivity (Wildman–Crippen MR) is 125 cm³/mol. The number of benzene rings is 1. The Balaban J connectivity index is 1.50. The third-order valence-electron chi connectivity index (χ3n) is 5.32. The summed E-state index contributed by atoms with van der Waals surface area (Å²) in [4.78, 5) is 22.4. The molecule has 0 bridgehead atoms. The third-order valence-corrected chi connectivity index (χ3v) is 6.64. The summed E-state index contributed by atoms with van der Waals surface area (Å²) in [5.41, 5.74) is 7.26. The highest BCUT2D eigenvalue weighted by Crippen LogP contribution is 2.31. The van der Waals surface area contributed by atoms with Gasteiger partial charge in [-0.3, -0.25) is 4.79 Å². The average Bonchev–Trinajstić information content (AvgIpc) is 3.28. The monoisotopic (exact) mass is 456 g/mol. The van der Waals surface area contributed by atoms with Crippen molar-refractivity contribution >= 4 is 34.7 Å². The molecule has 1 aromatic carbocycles. The summed E-state index contributed by atoms with van der Waals surface area (Å²) >= 11 is 8.24. The molecule has 0 saturated heterocycles. The number of aromatic nitrogens is 1. The molecule has 3 heterocycles. The SMILES string of the molecule is CN1CCN(Cc2ccc(OC(CCN)c3cccs3)cc2Cl)C(=O)c2cccnc21. The maximum absolute atomic E-state index is 13.1. The summed E-state index contributed by atoms with van der Waals surface area (Å²) < 4.78 is 6.18. The van der Waals surface area contributed by atoms with Gasteiger partial charge in [-0.15, -0.1) is 11.3 Å². The number of fused-ring (bicyclic) bond motifs is 1. The molecule has 3 aromatic rings. The Labute approximate surface area is 191 Å². The van der Waals surface area contributed by atoms with Gasteiger partial charge in [0.2, 0.25) is 0 Å². The van der Waals surface area contributed by atoms with Gasteiger partial charge in [-0.25, -0.2) is 4.98 Å². The Morgan fingerprint density at radius 2 is 2.13 bits per heavy atom. The quantitative estimate of drug-likeness (QED) is 0.572. The van der Waals surface area contributed by atoms with Gasteiger partial charge in [0.15, 0.2) is 0 Å². The molecule has 1 atom stereocenters. The van der Waals surface area contributed by atoms with E-state index in [2.05, 4.69) is 11.1 Å². The first-order valence-electron chi connectivity index (χ1n) is 10.2. The molecule has 0 aliphatic carbocycles. The van der Waals surface area contributed by atoms with Gasteiger partial charge >= 0.3 is 0 Å². The molecule has 4 rings (SSSR count). The van der Waals surface area contributed by atoms with Crippen LogP contribution in [0.2, 0.25) is 5.02 Å². The number of carbonyl (C=O) groups excluding carboxylic acids is 1. The Kier molecular flexibility index (Phi) is 6.75. The van der Waals surface area contributed by atoms with Crippen LogP contribution in [-0.4, -0.2) is 42.5 Å². The minimum Gasteiger partial charge on any atom is -0.485 e. The van der Waals surface area contributed by atoms with Crippen molar-refractivity contribution in [2.75, 3.05) is 31.6 Å². The van der Waals surface area contributed by atoms with Crippen molar-refractivity contribution in [3.63, 3.8) is 0 Å². The lowest BCUT2D eigenvalue weighted by atomic mass is 10.1. The summed E-state index contributed by atoms with van der Waals surface area (Å²) in [6.07, 6.45) is 2.34. The normalized spacial score (nSPS) is 14.9. The van der Waals surface area contributed by atoms with Crippen molar-refractivity contribution in [1.29, 1.82) is 0 Å². The van der Waals surface area contributed by atoms with E-state index in [-0.39, 0.29) is 12.0 Å². The van der Waals surface area contributed by atoms with E-state index in [9.17, 15) is 4.79 Å². The Hall–Kier alpha value is -2.61. The van der Waals surface area contributed by atoms with E-state index in [0.29, 0.717) is 48.3 Å². The lowest BCUT2D eigenvalue weighted by Crippen LogP contribution is -2.33. The van der Waals surface area contributed by atoms with Gasteiger partial charge in [-0.1, -0.05) is 23.7 Å². The second kappa shape index (κ2) is 9.68. The molecule has 0 fully saturated rings. The van der Waals surface area contributed by atoms with Crippen LogP contribution in [0.1, 0.15) is 33.3 Å². The largest absolute Gasteiger partial charge is 0.485 e. The molecule has 0 saturated carbocycles. The number of likely N-dealkylation sites (N-methyl/N-ethyl adjacent to an activating group) is 1. The molecule has 6 nitrogen and oxygen atoms in total. The molecule has 2 aromatic heterocycles. The smallest absolute Gasteiger partial charge is 0.257 e. The number of thiophene rings is 1. The molecule has 0 spiro atoms. The first-order valence-corrected chi connectivity index (χ1v) is 11.5. The molecule has 1 aliphatic heterocycles. The van der Waals surface area contributed by atoms with Crippen LogP contribution in [0.25, 0.3) is 0 Å². The molecular weight excluding hydrogens is 432 g/mol. The van der Waals surface area contributed by atoms with E-state index in [1.807, 2.05) is 52.6 Å². The van der Waals surface area contributed by atoms with E-state index < -0.39 is 0 Å². The van der Waals surface area contributed by atoms with Crippen molar-refractivity contribution in [2.24, 2.45) is 5.73 Å². The molecule has 1 aliphatic rings. The highest BCUT2D eigenvalue weighted by Gasteiger charge is 2.26. The number of anilines is 1.